The molecule has 0 fully saturated rings. The van der Waals surface area contributed by atoms with E-state index in [9.17, 15) is 0 Å². The fourth-order valence-corrected chi connectivity index (χ4v) is 2.19. The minimum absolute atomic E-state index is 0.429. The highest BCUT2D eigenvalue weighted by molar-refractivity contribution is 9.10. The van der Waals surface area contributed by atoms with Gasteiger partial charge < -0.3 is 14.2 Å². The van der Waals surface area contributed by atoms with Gasteiger partial charge in [0.2, 0.25) is 0 Å². The molecule has 21 heavy (non-hydrogen) atoms. The van der Waals surface area contributed by atoms with Gasteiger partial charge in [-0.1, -0.05) is 22.0 Å². The van der Waals surface area contributed by atoms with Gasteiger partial charge in [0.25, 0.3) is 0 Å². The van der Waals surface area contributed by atoms with Gasteiger partial charge in [0.05, 0.1) is 7.11 Å². The molecule has 0 amide bonds. The van der Waals surface area contributed by atoms with Crippen molar-refractivity contribution in [2.45, 2.75) is 5.88 Å². The Bertz CT molecular complexity index is 572. The Hall–Kier alpha value is -1.39. The number of methoxy groups -OCH3 is 1. The normalized spacial score (nSPS) is 10.2. The summed E-state index contributed by atoms with van der Waals surface area (Å²) in [5.74, 6) is 2.61. The van der Waals surface area contributed by atoms with Gasteiger partial charge in [0, 0.05) is 10.4 Å². The lowest BCUT2D eigenvalue weighted by Crippen LogP contribution is -2.09. The van der Waals surface area contributed by atoms with Crippen molar-refractivity contribution >= 4 is 27.5 Å². The largest absolute Gasteiger partial charge is 0.493 e. The number of benzene rings is 2. The fourth-order valence-electron chi connectivity index (χ4n) is 1.76. The Kier molecular flexibility index (Phi) is 6.21. The highest BCUT2D eigenvalue weighted by atomic mass is 79.9. The summed E-state index contributed by atoms with van der Waals surface area (Å²) in [6, 6.07) is 13.3. The molecule has 3 nitrogen and oxygen atoms in total. The fraction of sp³-hybridized carbons (Fsp3) is 0.250. The summed E-state index contributed by atoms with van der Waals surface area (Å²) < 4.78 is 17.6. The van der Waals surface area contributed by atoms with E-state index in [4.69, 9.17) is 25.8 Å². The Balaban J connectivity index is 1.86. The van der Waals surface area contributed by atoms with Gasteiger partial charge >= 0.3 is 0 Å². The van der Waals surface area contributed by atoms with Crippen molar-refractivity contribution in [3.05, 3.63) is 52.5 Å². The van der Waals surface area contributed by atoms with Crippen LogP contribution in [-0.2, 0) is 5.88 Å². The molecular weight excluding hydrogens is 356 g/mol. The van der Waals surface area contributed by atoms with Gasteiger partial charge in [-0.05, 0) is 42.0 Å². The molecule has 2 aromatic rings. The minimum atomic E-state index is 0.429. The summed E-state index contributed by atoms with van der Waals surface area (Å²) in [5.41, 5.74) is 0.987. The van der Waals surface area contributed by atoms with Crippen molar-refractivity contribution in [2.24, 2.45) is 0 Å². The van der Waals surface area contributed by atoms with Gasteiger partial charge in [-0.3, -0.25) is 0 Å². The third-order valence-electron chi connectivity index (χ3n) is 2.81. The van der Waals surface area contributed by atoms with E-state index in [1.165, 1.54) is 0 Å². The van der Waals surface area contributed by atoms with E-state index >= 15 is 0 Å². The maximum Gasteiger partial charge on any atom is 0.161 e. The zero-order valence-corrected chi connectivity index (χ0v) is 14.0. The molecule has 2 aromatic carbocycles. The topological polar surface area (TPSA) is 27.7 Å². The standard InChI is InChI=1S/C16H16BrClO3/c1-19-15-7-2-12(11-18)10-16(15)21-9-8-20-14-5-3-13(17)4-6-14/h2-7,10H,8-9,11H2,1H3. The van der Waals surface area contributed by atoms with Crippen LogP contribution in [0.4, 0.5) is 0 Å². The molecule has 0 radical (unpaired) electrons. The lowest BCUT2D eigenvalue weighted by Gasteiger charge is -2.12. The molecule has 0 heterocycles. The lowest BCUT2D eigenvalue weighted by molar-refractivity contribution is 0.211. The third-order valence-corrected chi connectivity index (χ3v) is 3.64. The molecule has 0 aliphatic rings. The average molecular weight is 372 g/mol. The quantitative estimate of drug-likeness (QED) is 0.523. The van der Waals surface area contributed by atoms with Gasteiger partial charge in [0.1, 0.15) is 19.0 Å². The molecule has 0 atom stereocenters. The van der Waals surface area contributed by atoms with Crippen LogP contribution in [0.3, 0.4) is 0 Å². The van der Waals surface area contributed by atoms with Gasteiger partial charge in [-0.2, -0.15) is 0 Å². The molecule has 0 saturated heterocycles. The van der Waals surface area contributed by atoms with E-state index in [0.29, 0.717) is 30.6 Å². The molecule has 0 unspecified atom stereocenters. The minimum Gasteiger partial charge on any atom is -0.493 e. The number of alkyl halides is 1. The Morgan fingerprint density at radius 2 is 1.67 bits per heavy atom. The van der Waals surface area contributed by atoms with Crippen LogP contribution >= 0.6 is 27.5 Å². The summed E-state index contributed by atoms with van der Waals surface area (Å²) >= 11 is 9.21. The number of rotatable bonds is 7. The summed E-state index contributed by atoms with van der Waals surface area (Å²) in [6.45, 7) is 0.883. The van der Waals surface area contributed by atoms with Crippen LogP contribution in [0.2, 0.25) is 0 Å². The van der Waals surface area contributed by atoms with Crippen molar-refractivity contribution < 1.29 is 14.2 Å². The molecule has 0 aromatic heterocycles. The van der Waals surface area contributed by atoms with E-state index in [1.54, 1.807) is 7.11 Å². The molecule has 0 spiro atoms. The molecule has 2 rings (SSSR count). The van der Waals surface area contributed by atoms with Crippen LogP contribution in [0, 0.1) is 0 Å². The van der Waals surface area contributed by atoms with E-state index in [2.05, 4.69) is 15.9 Å². The zero-order valence-electron chi connectivity index (χ0n) is 11.6. The molecule has 5 heteroatoms. The Morgan fingerprint density at radius 1 is 0.952 bits per heavy atom. The van der Waals surface area contributed by atoms with Crippen LogP contribution < -0.4 is 14.2 Å². The van der Waals surface area contributed by atoms with Crippen LogP contribution in [0.25, 0.3) is 0 Å². The second-order valence-corrected chi connectivity index (χ2v) is 5.45. The number of hydrogen-bond donors (Lipinski definition) is 0. The predicted octanol–water partition coefficient (Wildman–Crippen LogP) is 4.65. The zero-order chi connectivity index (χ0) is 15.1. The highest BCUT2D eigenvalue weighted by Gasteiger charge is 2.05. The first kappa shape index (κ1) is 16.0. The van der Waals surface area contributed by atoms with Crippen molar-refractivity contribution in [1.29, 1.82) is 0 Å². The van der Waals surface area contributed by atoms with Crippen LogP contribution in [0.1, 0.15) is 5.56 Å². The molecule has 0 N–H and O–H groups in total. The Morgan fingerprint density at radius 3 is 2.33 bits per heavy atom. The molecule has 0 bridgehead atoms. The van der Waals surface area contributed by atoms with E-state index < -0.39 is 0 Å². The van der Waals surface area contributed by atoms with Crippen molar-refractivity contribution in [3.8, 4) is 17.2 Å². The number of halogens is 2. The van der Waals surface area contributed by atoms with Crippen molar-refractivity contribution in [1.82, 2.24) is 0 Å². The summed E-state index contributed by atoms with van der Waals surface area (Å²) in [5, 5.41) is 0. The molecule has 112 valence electrons. The molecular formula is C16H16BrClO3. The smallest absolute Gasteiger partial charge is 0.161 e. The number of ether oxygens (including phenoxy) is 3. The lowest BCUT2D eigenvalue weighted by atomic mass is 10.2. The summed E-state index contributed by atoms with van der Waals surface area (Å²) in [4.78, 5) is 0. The second-order valence-electron chi connectivity index (χ2n) is 4.27. The van der Waals surface area contributed by atoms with Gasteiger partial charge in [0.15, 0.2) is 11.5 Å². The van der Waals surface area contributed by atoms with E-state index in [1.807, 2.05) is 42.5 Å². The SMILES string of the molecule is COc1ccc(CCl)cc1OCCOc1ccc(Br)cc1. The summed E-state index contributed by atoms with van der Waals surface area (Å²) in [6.07, 6.45) is 0. The third kappa shape index (κ3) is 4.83. The van der Waals surface area contributed by atoms with Crippen LogP contribution in [-0.4, -0.2) is 20.3 Å². The van der Waals surface area contributed by atoms with Crippen LogP contribution in [0.5, 0.6) is 17.2 Å². The number of hydrogen-bond acceptors (Lipinski definition) is 3. The van der Waals surface area contributed by atoms with Gasteiger partial charge in [-0.15, -0.1) is 11.6 Å². The summed E-state index contributed by atoms with van der Waals surface area (Å²) in [7, 11) is 1.61. The monoisotopic (exact) mass is 370 g/mol. The van der Waals surface area contributed by atoms with E-state index in [0.717, 1.165) is 15.8 Å². The first-order valence-electron chi connectivity index (χ1n) is 6.47. The average Bonchev–Trinajstić information content (AvgIpc) is 2.53. The van der Waals surface area contributed by atoms with Crippen molar-refractivity contribution in [2.75, 3.05) is 20.3 Å². The molecule has 0 saturated carbocycles. The highest BCUT2D eigenvalue weighted by Crippen LogP contribution is 2.28. The van der Waals surface area contributed by atoms with Crippen molar-refractivity contribution in [3.63, 3.8) is 0 Å². The Labute approximate surface area is 137 Å². The van der Waals surface area contributed by atoms with E-state index in [-0.39, 0.29) is 0 Å². The maximum atomic E-state index is 5.82. The predicted molar refractivity (Wildman–Crippen MR) is 87.7 cm³/mol. The maximum absolute atomic E-state index is 5.82. The molecule has 0 aliphatic heterocycles. The second kappa shape index (κ2) is 8.15. The van der Waals surface area contributed by atoms with Gasteiger partial charge in [-0.25, -0.2) is 0 Å². The first-order chi connectivity index (χ1) is 10.2. The molecule has 0 aliphatic carbocycles. The first-order valence-corrected chi connectivity index (χ1v) is 7.79. The van der Waals surface area contributed by atoms with Crippen LogP contribution in [0.15, 0.2) is 46.9 Å².